The van der Waals surface area contributed by atoms with Gasteiger partial charge in [-0.2, -0.15) is 0 Å². The van der Waals surface area contributed by atoms with Crippen LogP contribution in [-0.2, 0) is 19.6 Å². The molecule has 2 rings (SSSR count). The Kier molecular flexibility index (Phi) is 7.78. The molecular formula is C21H25NO6S. The highest BCUT2D eigenvalue weighted by Crippen LogP contribution is 2.28. The molecule has 0 unspecified atom stereocenters. The van der Waals surface area contributed by atoms with Gasteiger partial charge >= 0.3 is 5.97 Å². The van der Waals surface area contributed by atoms with Crippen LogP contribution in [0.4, 0.5) is 5.69 Å². The van der Waals surface area contributed by atoms with Crippen LogP contribution in [-0.4, -0.2) is 27.4 Å². The van der Waals surface area contributed by atoms with E-state index in [-0.39, 0.29) is 35.1 Å². The van der Waals surface area contributed by atoms with Gasteiger partial charge < -0.3 is 9.47 Å². The first-order valence-corrected chi connectivity index (χ1v) is 10.8. The molecule has 0 fully saturated rings. The fourth-order valence-corrected chi connectivity index (χ4v) is 4.07. The maximum absolute atomic E-state index is 13.2. The van der Waals surface area contributed by atoms with Crippen molar-refractivity contribution in [3.05, 3.63) is 48.5 Å². The minimum Gasteiger partial charge on any atom is -0.497 e. The van der Waals surface area contributed by atoms with E-state index in [2.05, 4.69) is 0 Å². The van der Waals surface area contributed by atoms with Gasteiger partial charge in [-0.25, -0.2) is 12.7 Å². The van der Waals surface area contributed by atoms with E-state index in [1.54, 1.807) is 6.92 Å². The second kappa shape index (κ2) is 10.1. The summed E-state index contributed by atoms with van der Waals surface area (Å²) >= 11 is 0. The molecule has 0 radical (unpaired) electrons. The van der Waals surface area contributed by atoms with Crippen molar-refractivity contribution in [3.8, 4) is 11.5 Å². The van der Waals surface area contributed by atoms with E-state index in [9.17, 15) is 18.0 Å². The molecule has 7 nitrogen and oxygen atoms in total. The monoisotopic (exact) mass is 419 g/mol. The van der Waals surface area contributed by atoms with Gasteiger partial charge in [-0.1, -0.05) is 13.8 Å². The number of ether oxygens (including phenoxy) is 2. The van der Waals surface area contributed by atoms with Crippen LogP contribution in [0.5, 0.6) is 11.5 Å². The summed E-state index contributed by atoms with van der Waals surface area (Å²) in [4.78, 5) is 24.3. The van der Waals surface area contributed by atoms with Crippen LogP contribution >= 0.6 is 0 Å². The van der Waals surface area contributed by atoms with Crippen LogP contribution in [0.15, 0.2) is 53.4 Å². The highest BCUT2D eigenvalue weighted by Gasteiger charge is 2.30. The zero-order valence-corrected chi connectivity index (χ0v) is 17.6. The molecule has 0 saturated carbocycles. The summed E-state index contributed by atoms with van der Waals surface area (Å²) < 4.78 is 37.4. The van der Waals surface area contributed by atoms with Gasteiger partial charge in [0.1, 0.15) is 11.5 Å². The van der Waals surface area contributed by atoms with Crippen LogP contribution in [0.2, 0.25) is 0 Å². The van der Waals surface area contributed by atoms with Gasteiger partial charge in [0.25, 0.3) is 10.0 Å². The standard InChI is InChI=1S/C21H25NO6S/c1-4-6-20(23)22(29(25,26)19-14-12-17(27-3)13-15-19)16-8-10-18(11-9-16)28-21(24)7-5-2/h8-15H,4-7H2,1-3H3. The van der Waals surface area contributed by atoms with Crippen molar-refractivity contribution in [1.82, 2.24) is 0 Å². The zero-order chi connectivity index (χ0) is 21.4. The van der Waals surface area contributed by atoms with Crippen molar-refractivity contribution in [2.24, 2.45) is 0 Å². The first-order chi connectivity index (χ1) is 13.8. The van der Waals surface area contributed by atoms with E-state index >= 15 is 0 Å². The number of nitrogens with zero attached hydrogens (tertiary/aromatic N) is 1. The van der Waals surface area contributed by atoms with Crippen LogP contribution in [0.25, 0.3) is 0 Å². The molecule has 156 valence electrons. The van der Waals surface area contributed by atoms with Crippen molar-refractivity contribution >= 4 is 27.6 Å². The molecule has 2 aromatic rings. The van der Waals surface area contributed by atoms with Crippen molar-refractivity contribution in [1.29, 1.82) is 0 Å². The van der Waals surface area contributed by atoms with Crippen molar-refractivity contribution in [2.45, 2.75) is 44.4 Å². The van der Waals surface area contributed by atoms with Crippen LogP contribution < -0.4 is 13.8 Å². The smallest absolute Gasteiger partial charge is 0.311 e. The number of rotatable bonds is 9. The Bertz CT molecular complexity index is 936. The molecule has 1 amide bonds. The summed E-state index contributed by atoms with van der Waals surface area (Å²) in [5.41, 5.74) is 0.176. The van der Waals surface area contributed by atoms with Gasteiger partial charge in [0.15, 0.2) is 0 Å². The molecule has 0 spiro atoms. The number of anilines is 1. The minimum atomic E-state index is -4.12. The summed E-state index contributed by atoms with van der Waals surface area (Å²) in [5, 5.41) is 0. The summed E-state index contributed by atoms with van der Waals surface area (Å²) in [5.74, 6) is -0.116. The van der Waals surface area contributed by atoms with Crippen molar-refractivity contribution in [2.75, 3.05) is 11.4 Å². The molecule has 0 heterocycles. The first-order valence-electron chi connectivity index (χ1n) is 9.36. The Balaban J connectivity index is 2.39. The summed E-state index contributed by atoms with van der Waals surface area (Å²) in [6.07, 6.45) is 1.52. The molecule has 2 aromatic carbocycles. The lowest BCUT2D eigenvalue weighted by molar-refractivity contribution is -0.134. The van der Waals surface area contributed by atoms with Gasteiger partial charge in [-0.15, -0.1) is 0 Å². The van der Waals surface area contributed by atoms with E-state index in [0.717, 1.165) is 4.31 Å². The highest BCUT2D eigenvalue weighted by molar-refractivity contribution is 7.93. The summed E-state index contributed by atoms with van der Waals surface area (Å²) in [7, 11) is -2.64. The molecule has 8 heteroatoms. The number of benzene rings is 2. The van der Waals surface area contributed by atoms with Gasteiger partial charge in [0, 0.05) is 12.8 Å². The number of esters is 1. The quantitative estimate of drug-likeness (QED) is 0.452. The maximum Gasteiger partial charge on any atom is 0.311 e. The van der Waals surface area contributed by atoms with Gasteiger partial charge in [0.05, 0.1) is 17.7 Å². The SMILES string of the molecule is CCCC(=O)Oc1ccc(N(C(=O)CCC)S(=O)(=O)c2ccc(OC)cc2)cc1. The van der Waals surface area contributed by atoms with Gasteiger partial charge in [0.2, 0.25) is 5.91 Å². The predicted molar refractivity (Wildman–Crippen MR) is 110 cm³/mol. The summed E-state index contributed by atoms with van der Waals surface area (Å²) in [6.45, 7) is 3.66. The Morgan fingerprint density at radius 3 is 1.93 bits per heavy atom. The normalized spacial score (nSPS) is 11.0. The van der Waals surface area contributed by atoms with Crippen LogP contribution in [0.1, 0.15) is 39.5 Å². The van der Waals surface area contributed by atoms with Gasteiger partial charge in [-0.05, 0) is 61.4 Å². The molecule has 29 heavy (non-hydrogen) atoms. The minimum absolute atomic E-state index is 0.0267. The molecule has 0 aliphatic carbocycles. The average molecular weight is 419 g/mol. The fourth-order valence-electron chi connectivity index (χ4n) is 2.62. The van der Waals surface area contributed by atoms with Crippen molar-refractivity contribution < 1.29 is 27.5 Å². The lowest BCUT2D eigenvalue weighted by atomic mass is 10.2. The molecule has 0 aliphatic rings. The molecule has 0 bridgehead atoms. The van der Waals surface area contributed by atoms with E-state index in [1.807, 2.05) is 6.92 Å². The van der Waals surface area contributed by atoms with Crippen molar-refractivity contribution in [3.63, 3.8) is 0 Å². The highest BCUT2D eigenvalue weighted by atomic mass is 32.2. The topological polar surface area (TPSA) is 90.0 Å². The third kappa shape index (κ3) is 5.57. The Morgan fingerprint density at radius 1 is 0.862 bits per heavy atom. The lowest BCUT2D eigenvalue weighted by Crippen LogP contribution is -2.36. The Hall–Kier alpha value is -2.87. The lowest BCUT2D eigenvalue weighted by Gasteiger charge is -2.23. The largest absolute Gasteiger partial charge is 0.497 e. The van der Waals surface area contributed by atoms with E-state index in [4.69, 9.17) is 9.47 Å². The number of hydrogen-bond acceptors (Lipinski definition) is 6. The number of methoxy groups -OCH3 is 1. The number of amides is 1. The Morgan fingerprint density at radius 2 is 1.41 bits per heavy atom. The van der Waals surface area contributed by atoms with E-state index in [0.29, 0.717) is 18.6 Å². The predicted octanol–water partition coefficient (Wildman–Crippen LogP) is 3.92. The average Bonchev–Trinajstić information content (AvgIpc) is 2.70. The molecule has 0 aromatic heterocycles. The number of hydrogen-bond donors (Lipinski definition) is 0. The molecule has 0 saturated heterocycles. The van der Waals surface area contributed by atoms with Crippen LogP contribution in [0.3, 0.4) is 0 Å². The molecule has 0 atom stereocenters. The fraction of sp³-hybridized carbons (Fsp3) is 0.333. The van der Waals surface area contributed by atoms with E-state index < -0.39 is 15.9 Å². The van der Waals surface area contributed by atoms with E-state index in [1.165, 1.54) is 55.6 Å². The summed E-state index contributed by atoms with van der Waals surface area (Å²) in [6, 6.07) is 11.7. The number of carbonyl (C=O) groups is 2. The number of sulfonamides is 1. The second-order valence-electron chi connectivity index (χ2n) is 6.31. The first kappa shape index (κ1) is 22.4. The third-order valence-electron chi connectivity index (χ3n) is 4.05. The zero-order valence-electron chi connectivity index (χ0n) is 16.8. The third-order valence-corrected chi connectivity index (χ3v) is 5.81. The van der Waals surface area contributed by atoms with Crippen LogP contribution in [0, 0.1) is 0 Å². The molecule has 0 N–H and O–H groups in total. The number of carbonyl (C=O) groups excluding carboxylic acids is 2. The second-order valence-corrected chi connectivity index (χ2v) is 8.09. The molecule has 0 aliphatic heterocycles. The molecular weight excluding hydrogens is 394 g/mol. The Labute approximate surface area is 171 Å². The maximum atomic E-state index is 13.2. The van der Waals surface area contributed by atoms with Gasteiger partial charge in [-0.3, -0.25) is 9.59 Å².